The fourth-order valence-electron chi connectivity index (χ4n) is 6.25. The van der Waals surface area contributed by atoms with Crippen LogP contribution < -0.4 is 20.9 Å². The normalized spacial score (nSPS) is 11.2. The summed E-state index contributed by atoms with van der Waals surface area (Å²) in [4.78, 5) is 30.6. The molecule has 3 N–H and O–H groups in total. The molecule has 0 aliphatic carbocycles. The first kappa shape index (κ1) is 35.7. The summed E-state index contributed by atoms with van der Waals surface area (Å²) in [6.45, 7) is 12.2. The van der Waals surface area contributed by atoms with Crippen LogP contribution in [0.5, 0.6) is 0 Å². The maximum atomic E-state index is 13.3. The van der Waals surface area contributed by atoms with Crippen molar-refractivity contribution < 1.29 is 4.79 Å². The topological polar surface area (TPSA) is 100 Å². The van der Waals surface area contributed by atoms with E-state index in [0.717, 1.165) is 28.2 Å². The molecular weight excluding hydrogens is 669 g/mol. The molecule has 2 aromatic heterocycles. The van der Waals surface area contributed by atoms with E-state index in [4.69, 9.17) is 15.0 Å². The molecule has 1 amide bonds. The van der Waals surface area contributed by atoms with E-state index in [1.807, 2.05) is 114 Å². The average molecular weight is 713 g/mol. The number of amides is 1. The molecule has 2 heterocycles. The molecule has 0 unspecified atom stereocenters. The van der Waals surface area contributed by atoms with Crippen molar-refractivity contribution in [3.8, 4) is 5.69 Å². The molecule has 0 atom stereocenters. The zero-order chi connectivity index (χ0) is 37.5. The van der Waals surface area contributed by atoms with Crippen molar-refractivity contribution in [3.05, 3.63) is 175 Å². The Bertz CT molecular complexity index is 2320. The van der Waals surface area contributed by atoms with Crippen LogP contribution in [0.25, 0.3) is 16.9 Å². The molecular formula is C45H44N8O. The van der Waals surface area contributed by atoms with Crippen molar-refractivity contribution in [2.45, 2.75) is 39.3 Å². The van der Waals surface area contributed by atoms with Crippen LogP contribution in [-0.4, -0.2) is 32.0 Å². The number of hydrogen-bond acceptors (Lipinski definition) is 7. The fraction of sp³-hybridized carbons (Fsp3) is 0.156. The quantitative estimate of drug-likeness (QED) is 0.102. The van der Waals surface area contributed by atoms with Gasteiger partial charge in [0.15, 0.2) is 17.0 Å². The molecule has 0 bridgehead atoms. The molecule has 0 saturated carbocycles. The van der Waals surface area contributed by atoms with Crippen LogP contribution in [0.15, 0.2) is 152 Å². The van der Waals surface area contributed by atoms with Gasteiger partial charge in [-0.25, -0.2) is 4.98 Å². The molecule has 0 aliphatic rings. The van der Waals surface area contributed by atoms with Gasteiger partial charge in [0.05, 0.1) is 5.69 Å². The summed E-state index contributed by atoms with van der Waals surface area (Å²) in [6.07, 6.45) is 3.63. The van der Waals surface area contributed by atoms with E-state index in [2.05, 4.69) is 78.5 Å². The molecule has 0 saturated heterocycles. The third-order valence-corrected chi connectivity index (χ3v) is 9.07. The predicted octanol–water partition coefficient (Wildman–Crippen LogP) is 9.91. The van der Waals surface area contributed by atoms with Crippen molar-refractivity contribution >= 4 is 45.9 Å². The second-order valence-corrected chi connectivity index (χ2v) is 14.2. The lowest BCUT2D eigenvalue weighted by Crippen LogP contribution is -2.24. The van der Waals surface area contributed by atoms with E-state index in [1.165, 1.54) is 5.56 Å². The number of benzene rings is 5. The monoisotopic (exact) mass is 712 g/mol. The Hall–Kier alpha value is -6.74. The van der Waals surface area contributed by atoms with Gasteiger partial charge in [0.2, 0.25) is 5.95 Å². The minimum atomic E-state index is -0.182. The molecule has 0 fully saturated rings. The van der Waals surface area contributed by atoms with Gasteiger partial charge >= 0.3 is 0 Å². The van der Waals surface area contributed by atoms with Crippen molar-refractivity contribution in [2.24, 2.45) is 0 Å². The van der Waals surface area contributed by atoms with Gasteiger partial charge in [0.25, 0.3) is 5.91 Å². The highest BCUT2D eigenvalue weighted by Crippen LogP contribution is 2.31. The van der Waals surface area contributed by atoms with Gasteiger partial charge in [0.1, 0.15) is 6.33 Å². The highest BCUT2D eigenvalue weighted by molar-refractivity contribution is 6.04. The summed E-state index contributed by atoms with van der Waals surface area (Å²) in [5.74, 6) is 0.907. The molecule has 5 aromatic carbocycles. The van der Waals surface area contributed by atoms with Crippen LogP contribution in [0.1, 0.15) is 47.8 Å². The van der Waals surface area contributed by atoms with Gasteiger partial charge in [-0.15, -0.1) is 6.58 Å². The molecule has 0 radical (unpaired) electrons. The Labute approximate surface area is 316 Å². The number of aromatic nitrogens is 4. The number of carbonyl (C=O) groups excluding carboxylic acids is 1. The number of imidazole rings is 1. The van der Waals surface area contributed by atoms with Crippen molar-refractivity contribution in [1.29, 1.82) is 0 Å². The molecule has 54 heavy (non-hydrogen) atoms. The standard InChI is InChI=1S/C45H44N8O/c1-5-26-46-36-18-13-21-39(28-36)53-31-47-40-41(52(29-32-14-8-6-9-15-32)30-33-16-10-7-11-17-33)50-44(51-42(40)53)49-38-20-12-19-37(27-38)48-43(54)34-22-24-35(25-23-34)45(2,3)4/h5-25,27-28,31,46H,1,26,29-30H2,2-4H3,(H,48,54)(H,49,50,51). The summed E-state index contributed by atoms with van der Waals surface area (Å²) in [5.41, 5.74) is 8.62. The largest absolute Gasteiger partial charge is 0.382 e. The highest BCUT2D eigenvalue weighted by atomic mass is 16.1. The Balaban J connectivity index is 1.26. The zero-order valence-electron chi connectivity index (χ0n) is 30.8. The number of anilines is 5. The third-order valence-electron chi connectivity index (χ3n) is 9.07. The first-order valence-corrected chi connectivity index (χ1v) is 18.1. The van der Waals surface area contributed by atoms with E-state index in [9.17, 15) is 4.79 Å². The summed E-state index contributed by atoms with van der Waals surface area (Å²) < 4.78 is 1.98. The summed E-state index contributed by atoms with van der Waals surface area (Å²) >= 11 is 0. The number of nitrogens with zero attached hydrogens (tertiary/aromatic N) is 5. The number of fused-ring (bicyclic) bond motifs is 1. The highest BCUT2D eigenvalue weighted by Gasteiger charge is 2.21. The van der Waals surface area contributed by atoms with E-state index >= 15 is 0 Å². The Morgan fingerprint density at radius 1 is 0.759 bits per heavy atom. The van der Waals surface area contributed by atoms with Crippen LogP contribution in [0.3, 0.4) is 0 Å². The molecule has 270 valence electrons. The second-order valence-electron chi connectivity index (χ2n) is 14.2. The molecule has 9 heteroatoms. The molecule has 0 spiro atoms. The first-order valence-electron chi connectivity index (χ1n) is 18.1. The van der Waals surface area contributed by atoms with Gasteiger partial charge in [-0.05, 0) is 70.6 Å². The fourth-order valence-corrected chi connectivity index (χ4v) is 6.25. The van der Waals surface area contributed by atoms with Crippen molar-refractivity contribution in [3.63, 3.8) is 0 Å². The van der Waals surface area contributed by atoms with E-state index in [0.29, 0.717) is 53.8 Å². The van der Waals surface area contributed by atoms with Gasteiger partial charge in [0, 0.05) is 42.3 Å². The smallest absolute Gasteiger partial charge is 0.255 e. The molecule has 7 aromatic rings. The van der Waals surface area contributed by atoms with Crippen LogP contribution in [0.2, 0.25) is 0 Å². The molecule has 9 nitrogen and oxygen atoms in total. The van der Waals surface area contributed by atoms with E-state index < -0.39 is 0 Å². The van der Waals surface area contributed by atoms with Crippen LogP contribution in [-0.2, 0) is 18.5 Å². The van der Waals surface area contributed by atoms with Gasteiger partial charge in [-0.3, -0.25) is 9.36 Å². The average Bonchev–Trinajstić information content (AvgIpc) is 3.61. The minimum absolute atomic E-state index is 0.00440. The van der Waals surface area contributed by atoms with Crippen molar-refractivity contribution in [2.75, 3.05) is 27.4 Å². The summed E-state index contributed by atoms with van der Waals surface area (Å²) in [6, 6.07) is 44.2. The Morgan fingerprint density at radius 2 is 1.41 bits per heavy atom. The van der Waals surface area contributed by atoms with Crippen molar-refractivity contribution in [1.82, 2.24) is 19.5 Å². The Kier molecular flexibility index (Phi) is 10.5. The summed E-state index contributed by atoms with van der Waals surface area (Å²) in [7, 11) is 0. The lowest BCUT2D eigenvalue weighted by molar-refractivity contribution is 0.102. The molecule has 7 rings (SSSR count). The lowest BCUT2D eigenvalue weighted by Gasteiger charge is -2.25. The number of nitrogens with one attached hydrogen (secondary N) is 3. The SMILES string of the molecule is C=CCNc1cccc(-n2cnc3c(N(Cc4ccccc4)Cc4ccccc4)nc(Nc4cccc(NC(=O)c5ccc(C(C)(C)C)cc5)c4)nc32)c1. The third kappa shape index (κ3) is 8.48. The number of carbonyl (C=O) groups is 1. The maximum Gasteiger partial charge on any atom is 0.255 e. The van der Waals surface area contributed by atoms with Gasteiger partial charge in [-0.2, -0.15) is 9.97 Å². The first-order chi connectivity index (χ1) is 26.2. The van der Waals surface area contributed by atoms with Crippen LogP contribution in [0.4, 0.5) is 28.8 Å². The number of hydrogen-bond donors (Lipinski definition) is 3. The zero-order valence-corrected chi connectivity index (χ0v) is 30.8. The van der Waals surface area contributed by atoms with Crippen LogP contribution >= 0.6 is 0 Å². The Morgan fingerprint density at radius 3 is 2.07 bits per heavy atom. The molecule has 0 aliphatic heterocycles. The summed E-state index contributed by atoms with van der Waals surface area (Å²) in [5, 5.41) is 9.86. The second kappa shape index (κ2) is 15.9. The van der Waals surface area contributed by atoms with Crippen LogP contribution in [0, 0.1) is 0 Å². The number of rotatable bonds is 13. The lowest BCUT2D eigenvalue weighted by atomic mass is 9.87. The van der Waals surface area contributed by atoms with Gasteiger partial charge < -0.3 is 20.9 Å². The van der Waals surface area contributed by atoms with E-state index in [-0.39, 0.29) is 11.3 Å². The predicted molar refractivity (Wildman–Crippen MR) is 221 cm³/mol. The minimum Gasteiger partial charge on any atom is -0.382 e. The maximum absolute atomic E-state index is 13.3. The van der Waals surface area contributed by atoms with E-state index in [1.54, 1.807) is 6.33 Å². The van der Waals surface area contributed by atoms with Gasteiger partial charge in [-0.1, -0.05) is 112 Å².